The largest absolute Gasteiger partial charge is 0.508 e. The fourth-order valence-corrected chi connectivity index (χ4v) is 2.47. The fourth-order valence-electron chi connectivity index (χ4n) is 2.47. The first-order chi connectivity index (χ1) is 11.2. The summed E-state index contributed by atoms with van der Waals surface area (Å²) >= 11 is 0. The van der Waals surface area contributed by atoms with E-state index in [1.807, 2.05) is 0 Å². The molecule has 3 aromatic rings. The lowest BCUT2D eigenvalue weighted by atomic mass is 10.1. The number of ether oxygens (including phenoxy) is 3. The molecule has 1 aromatic heterocycles. The zero-order valence-electron chi connectivity index (χ0n) is 11.9. The maximum atomic E-state index is 11.6. The second-order valence-corrected chi connectivity index (χ2v) is 5.07. The minimum atomic E-state index is -0.493. The molecule has 0 amide bonds. The lowest BCUT2D eigenvalue weighted by Crippen LogP contribution is -2.04. The van der Waals surface area contributed by atoms with Crippen LogP contribution in [-0.4, -0.2) is 11.9 Å². The molecule has 0 radical (unpaired) electrons. The van der Waals surface area contributed by atoms with Crippen molar-refractivity contribution in [3.8, 4) is 23.0 Å². The Bertz CT molecular complexity index is 943. The topological polar surface area (TPSA) is 78.1 Å². The summed E-state index contributed by atoms with van der Waals surface area (Å²) < 4.78 is 21.4. The lowest BCUT2D eigenvalue weighted by molar-refractivity contribution is 0.173. The Morgan fingerprint density at radius 3 is 2.83 bits per heavy atom. The first kappa shape index (κ1) is 13.5. The van der Waals surface area contributed by atoms with Crippen molar-refractivity contribution in [2.24, 2.45) is 0 Å². The van der Waals surface area contributed by atoms with Crippen LogP contribution in [0.5, 0.6) is 23.0 Å². The normalized spacial score (nSPS) is 12.5. The number of hydrogen-bond acceptors (Lipinski definition) is 6. The number of phenolic OH excluding ortho intramolecular Hbond substituents is 1. The highest BCUT2D eigenvalue weighted by atomic mass is 16.7. The van der Waals surface area contributed by atoms with Gasteiger partial charge in [-0.05, 0) is 24.3 Å². The SMILES string of the molecule is O=c1cc(COc2ccc3c(c2)OCO3)c2ccc(O)cc2o1. The summed E-state index contributed by atoms with van der Waals surface area (Å²) in [6, 6.07) is 11.3. The van der Waals surface area contributed by atoms with E-state index in [1.165, 1.54) is 18.2 Å². The van der Waals surface area contributed by atoms with E-state index < -0.39 is 5.63 Å². The van der Waals surface area contributed by atoms with E-state index in [2.05, 4.69) is 0 Å². The molecule has 116 valence electrons. The Balaban J connectivity index is 1.64. The van der Waals surface area contributed by atoms with Crippen LogP contribution in [0.2, 0.25) is 0 Å². The second kappa shape index (κ2) is 5.24. The summed E-state index contributed by atoms with van der Waals surface area (Å²) in [5, 5.41) is 10.2. The van der Waals surface area contributed by atoms with Crippen LogP contribution in [0.3, 0.4) is 0 Å². The van der Waals surface area contributed by atoms with Gasteiger partial charge in [-0.2, -0.15) is 0 Å². The predicted molar refractivity (Wildman–Crippen MR) is 81.0 cm³/mol. The van der Waals surface area contributed by atoms with Crippen molar-refractivity contribution < 1.29 is 23.7 Å². The van der Waals surface area contributed by atoms with Gasteiger partial charge in [-0.3, -0.25) is 0 Å². The van der Waals surface area contributed by atoms with Crippen LogP contribution in [0.25, 0.3) is 11.0 Å². The van der Waals surface area contributed by atoms with E-state index in [4.69, 9.17) is 18.6 Å². The number of aromatic hydroxyl groups is 1. The van der Waals surface area contributed by atoms with Crippen LogP contribution in [0.4, 0.5) is 0 Å². The third-order valence-corrected chi connectivity index (χ3v) is 3.55. The van der Waals surface area contributed by atoms with E-state index in [0.717, 1.165) is 0 Å². The summed E-state index contributed by atoms with van der Waals surface area (Å²) in [4.78, 5) is 11.6. The highest BCUT2D eigenvalue weighted by Gasteiger charge is 2.14. The molecule has 2 aromatic carbocycles. The lowest BCUT2D eigenvalue weighted by Gasteiger charge is -2.09. The van der Waals surface area contributed by atoms with Crippen LogP contribution in [0.15, 0.2) is 51.7 Å². The van der Waals surface area contributed by atoms with Crippen molar-refractivity contribution in [2.45, 2.75) is 6.61 Å². The third-order valence-electron chi connectivity index (χ3n) is 3.55. The van der Waals surface area contributed by atoms with Crippen molar-refractivity contribution in [3.63, 3.8) is 0 Å². The number of hydrogen-bond donors (Lipinski definition) is 1. The summed E-state index contributed by atoms with van der Waals surface area (Å²) in [5.74, 6) is 1.95. The molecule has 0 saturated carbocycles. The highest BCUT2D eigenvalue weighted by Crippen LogP contribution is 2.35. The molecule has 0 unspecified atom stereocenters. The Hall–Kier alpha value is -3.15. The van der Waals surface area contributed by atoms with Crippen LogP contribution >= 0.6 is 0 Å². The Morgan fingerprint density at radius 2 is 1.91 bits per heavy atom. The molecule has 6 nitrogen and oxygen atoms in total. The smallest absolute Gasteiger partial charge is 0.336 e. The molecule has 0 atom stereocenters. The minimum Gasteiger partial charge on any atom is -0.508 e. The van der Waals surface area contributed by atoms with Gasteiger partial charge in [0.1, 0.15) is 23.7 Å². The van der Waals surface area contributed by atoms with E-state index in [0.29, 0.717) is 33.8 Å². The Morgan fingerprint density at radius 1 is 1.04 bits per heavy atom. The van der Waals surface area contributed by atoms with Gasteiger partial charge in [-0.15, -0.1) is 0 Å². The van der Waals surface area contributed by atoms with Crippen molar-refractivity contribution in [1.82, 2.24) is 0 Å². The summed E-state index contributed by atoms with van der Waals surface area (Å²) in [6.07, 6.45) is 0. The molecule has 1 N–H and O–H groups in total. The molecule has 2 heterocycles. The quantitative estimate of drug-likeness (QED) is 0.749. The van der Waals surface area contributed by atoms with Gasteiger partial charge in [0.05, 0.1) is 0 Å². The van der Waals surface area contributed by atoms with Crippen LogP contribution in [-0.2, 0) is 6.61 Å². The van der Waals surface area contributed by atoms with Gasteiger partial charge in [-0.1, -0.05) is 0 Å². The first-order valence-electron chi connectivity index (χ1n) is 6.97. The average molecular weight is 312 g/mol. The van der Waals surface area contributed by atoms with Crippen LogP contribution in [0, 0.1) is 0 Å². The molecule has 23 heavy (non-hydrogen) atoms. The van der Waals surface area contributed by atoms with Crippen molar-refractivity contribution in [2.75, 3.05) is 6.79 Å². The first-order valence-corrected chi connectivity index (χ1v) is 6.97. The van der Waals surface area contributed by atoms with Gasteiger partial charge >= 0.3 is 5.63 Å². The van der Waals surface area contributed by atoms with E-state index in [1.54, 1.807) is 24.3 Å². The van der Waals surface area contributed by atoms with Gasteiger partial charge in [0.25, 0.3) is 0 Å². The molecule has 0 saturated heterocycles. The molecule has 0 fully saturated rings. The average Bonchev–Trinajstić information content (AvgIpc) is 2.99. The predicted octanol–water partition coefficient (Wildman–Crippen LogP) is 2.81. The zero-order chi connectivity index (χ0) is 15.8. The zero-order valence-corrected chi connectivity index (χ0v) is 11.9. The molecule has 4 rings (SSSR count). The highest BCUT2D eigenvalue weighted by molar-refractivity contribution is 5.81. The second-order valence-electron chi connectivity index (χ2n) is 5.07. The third kappa shape index (κ3) is 2.55. The van der Waals surface area contributed by atoms with E-state index in [-0.39, 0.29) is 19.1 Å². The van der Waals surface area contributed by atoms with E-state index >= 15 is 0 Å². The van der Waals surface area contributed by atoms with Gasteiger partial charge < -0.3 is 23.7 Å². The summed E-state index contributed by atoms with van der Waals surface area (Å²) in [6.45, 7) is 0.388. The number of rotatable bonds is 3. The molecule has 6 heteroatoms. The molecular formula is C17H12O6. The maximum Gasteiger partial charge on any atom is 0.336 e. The summed E-state index contributed by atoms with van der Waals surface area (Å²) in [5.41, 5.74) is 0.503. The number of fused-ring (bicyclic) bond motifs is 2. The van der Waals surface area contributed by atoms with Crippen LogP contribution < -0.4 is 19.8 Å². The Labute approximate surface area is 130 Å². The standard InChI is InChI=1S/C17H12O6/c18-11-1-3-13-10(5-17(19)23-15(13)6-11)8-20-12-2-4-14-16(7-12)22-9-21-14/h1-7,18H,8-9H2. The minimum absolute atomic E-state index is 0.0366. The van der Waals surface area contributed by atoms with Crippen molar-refractivity contribution >= 4 is 11.0 Å². The summed E-state index contributed by atoms with van der Waals surface area (Å²) in [7, 11) is 0. The molecule has 0 bridgehead atoms. The maximum absolute atomic E-state index is 11.6. The molecule has 1 aliphatic heterocycles. The van der Waals surface area contributed by atoms with Gasteiger partial charge in [0, 0.05) is 29.1 Å². The van der Waals surface area contributed by atoms with Crippen molar-refractivity contribution in [3.05, 3.63) is 58.4 Å². The van der Waals surface area contributed by atoms with Crippen molar-refractivity contribution in [1.29, 1.82) is 0 Å². The van der Waals surface area contributed by atoms with Gasteiger partial charge in [-0.25, -0.2) is 4.79 Å². The van der Waals surface area contributed by atoms with Gasteiger partial charge in [0.15, 0.2) is 11.5 Å². The number of phenols is 1. The molecule has 0 spiro atoms. The number of benzene rings is 2. The molecule has 0 aliphatic carbocycles. The fraction of sp³-hybridized carbons (Fsp3) is 0.118. The Kier molecular flexibility index (Phi) is 3.08. The monoisotopic (exact) mass is 312 g/mol. The van der Waals surface area contributed by atoms with E-state index in [9.17, 15) is 9.90 Å². The van der Waals surface area contributed by atoms with Crippen LogP contribution in [0.1, 0.15) is 5.56 Å². The molecular weight excluding hydrogens is 300 g/mol. The van der Waals surface area contributed by atoms with Gasteiger partial charge in [0.2, 0.25) is 6.79 Å². The molecule has 1 aliphatic rings.